The van der Waals surface area contributed by atoms with Gasteiger partial charge in [-0.05, 0) is 12.1 Å². The monoisotopic (exact) mass is 394 g/mol. The van der Waals surface area contributed by atoms with Crippen LogP contribution in [-0.4, -0.2) is 20.0 Å². The molecule has 0 aliphatic carbocycles. The van der Waals surface area contributed by atoms with Gasteiger partial charge in [0.15, 0.2) is 11.6 Å². The molecular weight excluding hydrogens is 384 g/mol. The van der Waals surface area contributed by atoms with E-state index < -0.39 is 11.2 Å². The molecule has 3 rings (SSSR count). The van der Waals surface area contributed by atoms with Crippen LogP contribution in [0.15, 0.2) is 55.4 Å². The fourth-order valence-electron chi connectivity index (χ4n) is 1.83. The molecular formula is C14H11BrN4O3S. The number of hydrogen-bond donors (Lipinski definition) is 2. The average Bonchev–Trinajstić information content (AvgIpc) is 2.90. The summed E-state index contributed by atoms with van der Waals surface area (Å²) >= 11 is 4.65. The van der Waals surface area contributed by atoms with Crippen molar-refractivity contribution in [2.75, 3.05) is 5.84 Å². The summed E-state index contributed by atoms with van der Waals surface area (Å²) in [5.74, 6) is 6.88. The molecule has 0 saturated carbocycles. The molecule has 0 radical (unpaired) electrons. The van der Waals surface area contributed by atoms with E-state index in [9.17, 15) is 4.79 Å². The molecule has 0 aliphatic heterocycles. The van der Waals surface area contributed by atoms with Crippen molar-refractivity contribution in [1.82, 2.24) is 14.9 Å². The second-order valence-corrected chi connectivity index (χ2v) is 6.43. The Morgan fingerprint density at radius 1 is 1.30 bits per heavy atom. The molecule has 3 aromatic rings. The predicted molar refractivity (Wildman–Crippen MR) is 89.5 cm³/mol. The van der Waals surface area contributed by atoms with E-state index in [4.69, 9.17) is 15.4 Å². The highest BCUT2D eigenvalue weighted by Gasteiger charge is 2.13. The highest BCUT2D eigenvalue weighted by atomic mass is 79.9. The molecule has 0 spiro atoms. The van der Waals surface area contributed by atoms with Gasteiger partial charge in [-0.25, -0.2) is 4.68 Å². The van der Waals surface area contributed by atoms with Gasteiger partial charge in [-0.3, -0.25) is 4.79 Å². The van der Waals surface area contributed by atoms with Crippen molar-refractivity contribution in [3.8, 4) is 17.1 Å². The van der Waals surface area contributed by atoms with Crippen LogP contribution in [0.1, 0.15) is 5.76 Å². The summed E-state index contributed by atoms with van der Waals surface area (Å²) in [7, 11) is 0. The molecule has 0 bridgehead atoms. The lowest BCUT2D eigenvalue weighted by atomic mass is 10.2. The Morgan fingerprint density at radius 2 is 2.04 bits per heavy atom. The quantitative estimate of drug-likeness (QED) is 0.516. The highest BCUT2D eigenvalue weighted by Crippen LogP contribution is 2.25. The lowest BCUT2D eigenvalue weighted by Gasteiger charge is -2.04. The molecule has 0 atom stereocenters. The van der Waals surface area contributed by atoms with Gasteiger partial charge in [-0.1, -0.05) is 39.8 Å². The fourth-order valence-corrected chi connectivity index (χ4v) is 2.84. The summed E-state index contributed by atoms with van der Waals surface area (Å²) < 4.78 is 7.47. The third-order valence-electron chi connectivity index (χ3n) is 2.98. The lowest BCUT2D eigenvalue weighted by Crippen LogP contribution is -2.11. The number of rotatable bonds is 4. The summed E-state index contributed by atoms with van der Waals surface area (Å²) in [4.78, 5) is 11.4. The number of aromatic hydroxyl groups is 1. The minimum atomic E-state index is -0.489. The summed E-state index contributed by atoms with van der Waals surface area (Å²) in [6.07, 6.45) is 1.01. The molecule has 2 aromatic heterocycles. The second-order valence-electron chi connectivity index (χ2n) is 4.57. The first kappa shape index (κ1) is 15.6. The van der Waals surface area contributed by atoms with E-state index in [0.717, 1.165) is 16.3 Å². The molecule has 2 heterocycles. The molecule has 118 valence electrons. The highest BCUT2D eigenvalue weighted by molar-refractivity contribution is 9.10. The summed E-state index contributed by atoms with van der Waals surface area (Å²) in [5, 5.41) is 17.8. The fraction of sp³-hybridized carbons (Fsp3) is 0.0714. The molecule has 9 heteroatoms. The number of halogens is 1. The number of nitrogen functional groups attached to an aromatic ring is 1. The Kier molecular flexibility index (Phi) is 4.39. The predicted octanol–water partition coefficient (Wildman–Crippen LogP) is 2.37. The first-order valence-electron chi connectivity index (χ1n) is 6.44. The maximum absolute atomic E-state index is 11.4. The van der Waals surface area contributed by atoms with Gasteiger partial charge >= 0.3 is 0 Å². The maximum atomic E-state index is 11.4. The van der Waals surface area contributed by atoms with Gasteiger partial charge in [0.2, 0.25) is 10.6 Å². The first-order chi connectivity index (χ1) is 11.0. The van der Waals surface area contributed by atoms with Gasteiger partial charge in [0, 0.05) is 16.1 Å². The number of nitrogens with zero attached hydrogens (tertiary/aromatic N) is 3. The zero-order valence-corrected chi connectivity index (χ0v) is 14.0. The number of benzene rings is 1. The van der Waals surface area contributed by atoms with Gasteiger partial charge in [0.05, 0.1) is 5.75 Å². The van der Waals surface area contributed by atoms with Crippen LogP contribution >= 0.6 is 27.7 Å². The zero-order valence-electron chi connectivity index (χ0n) is 11.6. The van der Waals surface area contributed by atoms with Crippen molar-refractivity contribution >= 4 is 27.7 Å². The number of thioether (sulfide) groups is 1. The Morgan fingerprint density at radius 3 is 2.74 bits per heavy atom. The van der Waals surface area contributed by atoms with Crippen LogP contribution in [0, 0.1) is 0 Å². The van der Waals surface area contributed by atoms with Crippen molar-refractivity contribution in [3.05, 3.63) is 57.1 Å². The Hall–Kier alpha value is -2.26. The normalized spacial score (nSPS) is 10.8. The van der Waals surface area contributed by atoms with Crippen LogP contribution in [0.3, 0.4) is 0 Å². The molecule has 0 fully saturated rings. The summed E-state index contributed by atoms with van der Waals surface area (Å²) in [6, 6.07) is 8.77. The Balaban J connectivity index is 1.78. The first-order valence-corrected chi connectivity index (χ1v) is 8.22. The van der Waals surface area contributed by atoms with Crippen LogP contribution < -0.4 is 11.3 Å². The number of hydrogen-bond acceptors (Lipinski definition) is 7. The van der Waals surface area contributed by atoms with E-state index in [-0.39, 0.29) is 0 Å². The van der Waals surface area contributed by atoms with Gasteiger partial charge < -0.3 is 15.4 Å². The SMILES string of the molecule is Nn1c(SCc2cc(=O)c(O)co2)nnc1-c1ccc(Br)cc1. The smallest absolute Gasteiger partial charge is 0.226 e. The van der Waals surface area contributed by atoms with Crippen LogP contribution in [0.25, 0.3) is 11.4 Å². The minimum absolute atomic E-state index is 0.338. The molecule has 1 aromatic carbocycles. The van der Waals surface area contributed by atoms with Gasteiger partial charge in [0.25, 0.3) is 0 Å². The molecule has 0 aliphatic rings. The molecule has 7 nitrogen and oxygen atoms in total. The number of aromatic nitrogens is 3. The zero-order chi connectivity index (χ0) is 16.4. The minimum Gasteiger partial charge on any atom is -0.502 e. The Labute approximate surface area is 143 Å². The molecule has 0 unspecified atom stereocenters. The summed E-state index contributed by atoms with van der Waals surface area (Å²) in [5.41, 5.74) is 0.350. The molecule has 3 N–H and O–H groups in total. The lowest BCUT2D eigenvalue weighted by molar-refractivity contribution is 0.419. The largest absolute Gasteiger partial charge is 0.502 e. The van der Waals surface area contributed by atoms with Crippen molar-refractivity contribution in [3.63, 3.8) is 0 Å². The maximum Gasteiger partial charge on any atom is 0.226 e. The van der Waals surface area contributed by atoms with E-state index in [1.165, 1.54) is 22.5 Å². The van der Waals surface area contributed by atoms with Crippen LogP contribution in [0.4, 0.5) is 0 Å². The van der Waals surface area contributed by atoms with Crippen molar-refractivity contribution in [2.45, 2.75) is 10.9 Å². The van der Waals surface area contributed by atoms with E-state index in [0.29, 0.717) is 22.5 Å². The molecule has 0 amide bonds. The van der Waals surface area contributed by atoms with Gasteiger partial charge in [0.1, 0.15) is 12.0 Å². The molecule has 23 heavy (non-hydrogen) atoms. The van der Waals surface area contributed by atoms with Crippen LogP contribution in [0.5, 0.6) is 5.75 Å². The number of nitrogens with two attached hydrogens (primary N) is 1. The topological polar surface area (TPSA) is 107 Å². The standard InChI is InChI=1S/C14H11BrN4O3S/c15-9-3-1-8(2-4-9)13-17-18-14(19(13)16)23-7-10-5-11(20)12(21)6-22-10/h1-6,21H,7,16H2. The van der Waals surface area contributed by atoms with Gasteiger partial charge in [-0.2, -0.15) is 0 Å². The van der Waals surface area contributed by atoms with Crippen LogP contribution in [-0.2, 0) is 5.75 Å². The van der Waals surface area contributed by atoms with E-state index in [1.807, 2.05) is 24.3 Å². The second kappa shape index (κ2) is 6.47. The van der Waals surface area contributed by atoms with E-state index in [2.05, 4.69) is 26.1 Å². The van der Waals surface area contributed by atoms with E-state index >= 15 is 0 Å². The third kappa shape index (κ3) is 3.40. The van der Waals surface area contributed by atoms with Crippen LogP contribution in [0.2, 0.25) is 0 Å². The average molecular weight is 395 g/mol. The van der Waals surface area contributed by atoms with Crippen molar-refractivity contribution in [1.29, 1.82) is 0 Å². The third-order valence-corrected chi connectivity index (χ3v) is 4.47. The Bertz CT molecular complexity index is 892. The molecule has 0 saturated heterocycles. The summed E-state index contributed by atoms with van der Waals surface area (Å²) in [6.45, 7) is 0. The van der Waals surface area contributed by atoms with E-state index in [1.54, 1.807) is 0 Å². The van der Waals surface area contributed by atoms with Gasteiger partial charge in [-0.15, -0.1) is 10.2 Å². The van der Waals surface area contributed by atoms with Crippen molar-refractivity contribution in [2.24, 2.45) is 0 Å². The van der Waals surface area contributed by atoms with Crippen molar-refractivity contribution < 1.29 is 9.52 Å².